The Hall–Kier alpha value is -1.10. The topological polar surface area (TPSA) is 35.2 Å². The molecule has 0 aliphatic carbocycles. The van der Waals surface area contributed by atoms with E-state index in [2.05, 4.69) is 15.9 Å². The van der Waals surface area contributed by atoms with Crippen molar-refractivity contribution in [1.82, 2.24) is 0 Å². The minimum absolute atomic E-state index is 0.351. The van der Waals surface area contributed by atoms with Gasteiger partial charge in [0.2, 0.25) is 0 Å². The molecule has 0 spiro atoms. The van der Waals surface area contributed by atoms with Gasteiger partial charge in [0.1, 0.15) is 17.3 Å². The third-order valence-corrected chi connectivity index (χ3v) is 3.80. The van der Waals surface area contributed by atoms with Crippen molar-refractivity contribution in [3.05, 3.63) is 63.1 Å². The summed E-state index contributed by atoms with van der Waals surface area (Å²) in [7, 11) is 0. The fourth-order valence-corrected chi connectivity index (χ4v) is 2.63. The van der Waals surface area contributed by atoms with Gasteiger partial charge in [0.15, 0.2) is 0 Å². The molecule has 0 saturated heterocycles. The first kappa shape index (κ1) is 14.3. The number of thiocarbonyl (C=S) groups is 1. The van der Waals surface area contributed by atoms with E-state index in [0.717, 1.165) is 21.3 Å². The third kappa shape index (κ3) is 3.69. The fraction of sp³-hybridized carbons (Fsp3) is 0.0714. The SMILES string of the molecule is NC(=S)c1ccc(OCc2ccccc2Cl)cc1Br. The van der Waals surface area contributed by atoms with Crippen LogP contribution < -0.4 is 10.5 Å². The van der Waals surface area contributed by atoms with Gasteiger partial charge in [-0.1, -0.05) is 42.0 Å². The van der Waals surface area contributed by atoms with E-state index in [0.29, 0.717) is 16.6 Å². The molecular formula is C14H11BrClNOS. The van der Waals surface area contributed by atoms with Crippen LogP contribution in [0.25, 0.3) is 0 Å². The van der Waals surface area contributed by atoms with Gasteiger partial charge in [0, 0.05) is 20.6 Å². The quantitative estimate of drug-likeness (QED) is 0.829. The van der Waals surface area contributed by atoms with Crippen molar-refractivity contribution < 1.29 is 4.74 Å². The van der Waals surface area contributed by atoms with Crippen LogP contribution in [0.2, 0.25) is 5.02 Å². The first-order valence-electron chi connectivity index (χ1n) is 5.53. The molecule has 2 N–H and O–H groups in total. The normalized spacial score (nSPS) is 10.2. The van der Waals surface area contributed by atoms with Crippen LogP contribution >= 0.6 is 39.7 Å². The predicted octanol–water partition coefficient (Wildman–Crippen LogP) is 4.32. The molecule has 19 heavy (non-hydrogen) atoms. The monoisotopic (exact) mass is 355 g/mol. The highest BCUT2D eigenvalue weighted by Gasteiger charge is 2.05. The van der Waals surface area contributed by atoms with Crippen LogP contribution in [0.15, 0.2) is 46.9 Å². The van der Waals surface area contributed by atoms with E-state index < -0.39 is 0 Å². The van der Waals surface area contributed by atoms with Gasteiger partial charge < -0.3 is 10.5 Å². The summed E-state index contributed by atoms with van der Waals surface area (Å²) in [6.07, 6.45) is 0. The van der Waals surface area contributed by atoms with Crippen molar-refractivity contribution in [3.8, 4) is 5.75 Å². The summed E-state index contributed by atoms with van der Waals surface area (Å²) in [5.41, 5.74) is 7.33. The number of hydrogen-bond donors (Lipinski definition) is 1. The second-order valence-electron chi connectivity index (χ2n) is 3.89. The van der Waals surface area contributed by atoms with Crippen molar-refractivity contribution in [2.45, 2.75) is 6.61 Å². The van der Waals surface area contributed by atoms with E-state index in [1.54, 1.807) is 0 Å². The first-order valence-corrected chi connectivity index (χ1v) is 7.11. The Morgan fingerprint density at radius 2 is 2.00 bits per heavy atom. The van der Waals surface area contributed by atoms with Crippen molar-refractivity contribution in [1.29, 1.82) is 0 Å². The summed E-state index contributed by atoms with van der Waals surface area (Å²) in [5, 5.41) is 0.696. The number of ether oxygens (including phenoxy) is 1. The molecule has 2 rings (SSSR count). The van der Waals surface area contributed by atoms with Crippen LogP contribution in [-0.4, -0.2) is 4.99 Å². The molecule has 0 heterocycles. The number of benzene rings is 2. The molecule has 0 atom stereocenters. The number of nitrogens with two attached hydrogens (primary N) is 1. The minimum Gasteiger partial charge on any atom is -0.489 e. The molecule has 2 aromatic carbocycles. The molecular weight excluding hydrogens is 346 g/mol. The zero-order chi connectivity index (χ0) is 13.8. The van der Waals surface area contributed by atoms with Crippen molar-refractivity contribution in [3.63, 3.8) is 0 Å². The van der Waals surface area contributed by atoms with Crippen molar-refractivity contribution >= 4 is 44.7 Å². The van der Waals surface area contributed by atoms with Crippen molar-refractivity contribution in [2.24, 2.45) is 5.73 Å². The van der Waals surface area contributed by atoms with E-state index in [-0.39, 0.29) is 0 Å². The number of halogens is 2. The number of hydrogen-bond acceptors (Lipinski definition) is 2. The second kappa shape index (κ2) is 6.37. The second-order valence-corrected chi connectivity index (χ2v) is 5.59. The lowest BCUT2D eigenvalue weighted by molar-refractivity contribution is 0.306. The Balaban J connectivity index is 2.11. The smallest absolute Gasteiger partial charge is 0.120 e. The predicted molar refractivity (Wildman–Crippen MR) is 85.8 cm³/mol. The summed E-state index contributed by atoms with van der Waals surface area (Å²) in [6.45, 7) is 0.415. The van der Waals surface area contributed by atoms with E-state index in [4.69, 9.17) is 34.3 Å². The highest BCUT2D eigenvalue weighted by atomic mass is 79.9. The van der Waals surface area contributed by atoms with Crippen LogP contribution in [0.4, 0.5) is 0 Å². The van der Waals surface area contributed by atoms with Gasteiger partial charge in [-0.2, -0.15) is 0 Å². The highest BCUT2D eigenvalue weighted by molar-refractivity contribution is 9.10. The molecule has 0 unspecified atom stereocenters. The van der Waals surface area contributed by atoms with Crippen LogP contribution in [0.1, 0.15) is 11.1 Å². The van der Waals surface area contributed by atoms with Gasteiger partial charge in [-0.05, 0) is 40.2 Å². The van der Waals surface area contributed by atoms with Crippen LogP contribution in [0.5, 0.6) is 5.75 Å². The maximum Gasteiger partial charge on any atom is 0.120 e. The van der Waals surface area contributed by atoms with Gasteiger partial charge in [0.05, 0.1) is 0 Å². The molecule has 2 nitrogen and oxygen atoms in total. The molecule has 0 fully saturated rings. The molecule has 2 aromatic rings. The summed E-state index contributed by atoms with van der Waals surface area (Å²) < 4.78 is 6.51. The standard InChI is InChI=1S/C14H11BrClNOS/c15-12-7-10(5-6-11(12)14(17)19)18-8-9-3-1-2-4-13(9)16/h1-7H,8H2,(H2,17,19). The molecule has 98 valence electrons. The zero-order valence-electron chi connectivity index (χ0n) is 9.90. The average Bonchev–Trinajstić information content (AvgIpc) is 2.37. The maximum absolute atomic E-state index is 6.07. The maximum atomic E-state index is 6.07. The summed E-state index contributed by atoms with van der Waals surface area (Å²) in [6, 6.07) is 13.1. The lowest BCUT2D eigenvalue weighted by Gasteiger charge is -2.09. The average molecular weight is 357 g/mol. The summed E-state index contributed by atoms with van der Waals surface area (Å²) >= 11 is 14.4. The Morgan fingerprint density at radius 1 is 1.26 bits per heavy atom. The van der Waals surface area contributed by atoms with Gasteiger partial charge in [-0.3, -0.25) is 0 Å². The Morgan fingerprint density at radius 3 is 2.63 bits per heavy atom. The van der Waals surface area contributed by atoms with Crippen LogP contribution in [0.3, 0.4) is 0 Å². The minimum atomic E-state index is 0.351. The third-order valence-electron chi connectivity index (χ3n) is 2.56. The largest absolute Gasteiger partial charge is 0.489 e. The van der Waals surface area contributed by atoms with Gasteiger partial charge in [-0.25, -0.2) is 0 Å². The lowest BCUT2D eigenvalue weighted by Crippen LogP contribution is -2.10. The van der Waals surface area contributed by atoms with E-state index in [1.807, 2.05) is 42.5 Å². The molecule has 0 radical (unpaired) electrons. The molecule has 0 bridgehead atoms. The van der Waals surface area contributed by atoms with E-state index in [9.17, 15) is 0 Å². The zero-order valence-corrected chi connectivity index (χ0v) is 13.1. The molecule has 0 aromatic heterocycles. The Bertz CT molecular complexity index is 618. The van der Waals surface area contributed by atoms with Crippen molar-refractivity contribution in [2.75, 3.05) is 0 Å². The highest BCUT2D eigenvalue weighted by Crippen LogP contribution is 2.24. The van der Waals surface area contributed by atoms with E-state index >= 15 is 0 Å². The number of rotatable bonds is 4. The Labute approximate surface area is 130 Å². The van der Waals surface area contributed by atoms with Crippen LogP contribution in [-0.2, 0) is 6.61 Å². The van der Waals surface area contributed by atoms with Gasteiger partial charge in [0.25, 0.3) is 0 Å². The first-order chi connectivity index (χ1) is 9.08. The molecule has 0 aliphatic rings. The van der Waals surface area contributed by atoms with Crippen LogP contribution in [0, 0.1) is 0 Å². The van der Waals surface area contributed by atoms with Gasteiger partial charge >= 0.3 is 0 Å². The molecule has 5 heteroatoms. The summed E-state index contributed by atoms with van der Waals surface area (Å²) in [5.74, 6) is 0.729. The van der Waals surface area contributed by atoms with E-state index in [1.165, 1.54) is 0 Å². The fourth-order valence-electron chi connectivity index (χ4n) is 1.56. The summed E-state index contributed by atoms with van der Waals surface area (Å²) in [4.78, 5) is 0.351. The molecule has 0 aliphatic heterocycles. The van der Waals surface area contributed by atoms with Gasteiger partial charge in [-0.15, -0.1) is 0 Å². The molecule has 0 amide bonds. The lowest BCUT2D eigenvalue weighted by atomic mass is 10.2. The molecule has 0 saturated carbocycles. The Kier molecular flexibility index (Phi) is 4.80.